The topological polar surface area (TPSA) is 3.24 Å². The first-order valence-electron chi connectivity index (χ1n) is 4.32. The summed E-state index contributed by atoms with van der Waals surface area (Å²) < 4.78 is 0. The lowest BCUT2D eigenvalue weighted by molar-refractivity contribution is 0.872. The largest absolute Gasteiger partial charge is 0.368 e. The van der Waals surface area contributed by atoms with Gasteiger partial charge in [-0.1, -0.05) is 15.9 Å². The van der Waals surface area contributed by atoms with Crippen LogP contribution in [0.25, 0.3) is 0 Å². The maximum Gasteiger partial charge on any atom is 0.0517 e. The van der Waals surface area contributed by atoms with Gasteiger partial charge in [0.05, 0.1) is 5.69 Å². The molecule has 0 aliphatic rings. The molecule has 0 saturated carbocycles. The lowest BCUT2D eigenvalue weighted by Crippen LogP contribution is -2.27. The molecule has 0 aliphatic carbocycles. The van der Waals surface area contributed by atoms with E-state index in [0.717, 1.165) is 18.4 Å². The highest BCUT2D eigenvalue weighted by Gasteiger charge is 2.10. The van der Waals surface area contributed by atoms with Crippen LogP contribution in [0, 0.1) is 0 Å². The van der Waals surface area contributed by atoms with Gasteiger partial charge >= 0.3 is 0 Å². The Morgan fingerprint density at radius 1 is 1.29 bits per heavy atom. The van der Waals surface area contributed by atoms with Crippen molar-refractivity contribution >= 4 is 56.2 Å². The SMILES string of the molecule is ClCCN(CCCl)c1ccsc1CBr. The average molecular weight is 317 g/mol. The van der Waals surface area contributed by atoms with E-state index < -0.39 is 0 Å². The van der Waals surface area contributed by atoms with Crippen LogP contribution in [0.5, 0.6) is 0 Å². The Morgan fingerprint density at radius 3 is 2.43 bits per heavy atom. The zero-order valence-corrected chi connectivity index (χ0v) is 11.6. The van der Waals surface area contributed by atoms with E-state index in [1.54, 1.807) is 11.3 Å². The Labute approximate surface area is 107 Å². The fourth-order valence-corrected chi connectivity index (χ4v) is 3.11. The Kier molecular flexibility index (Phi) is 6.26. The highest BCUT2D eigenvalue weighted by Crippen LogP contribution is 2.28. The van der Waals surface area contributed by atoms with E-state index in [1.807, 2.05) is 0 Å². The van der Waals surface area contributed by atoms with Gasteiger partial charge in [0.15, 0.2) is 0 Å². The maximum atomic E-state index is 5.75. The van der Waals surface area contributed by atoms with Crippen molar-refractivity contribution in [2.45, 2.75) is 5.33 Å². The predicted octanol–water partition coefficient (Wildman–Crippen LogP) is 3.93. The molecule has 0 fully saturated rings. The highest BCUT2D eigenvalue weighted by atomic mass is 79.9. The van der Waals surface area contributed by atoms with Gasteiger partial charge in [-0.15, -0.1) is 34.5 Å². The highest BCUT2D eigenvalue weighted by molar-refractivity contribution is 9.08. The minimum absolute atomic E-state index is 0.633. The number of anilines is 1. The van der Waals surface area contributed by atoms with Crippen LogP contribution >= 0.6 is 50.5 Å². The van der Waals surface area contributed by atoms with Crippen LogP contribution < -0.4 is 4.90 Å². The first-order chi connectivity index (χ1) is 6.83. The van der Waals surface area contributed by atoms with Crippen molar-refractivity contribution in [2.24, 2.45) is 0 Å². The van der Waals surface area contributed by atoms with Gasteiger partial charge < -0.3 is 4.90 Å². The summed E-state index contributed by atoms with van der Waals surface area (Å²) in [5.74, 6) is 1.27. The molecule has 14 heavy (non-hydrogen) atoms. The zero-order chi connectivity index (χ0) is 10.4. The molecular formula is C9H12BrCl2NS. The summed E-state index contributed by atoms with van der Waals surface area (Å²) in [6.07, 6.45) is 0. The molecule has 0 aliphatic heterocycles. The first-order valence-corrected chi connectivity index (χ1v) is 7.39. The summed E-state index contributed by atoms with van der Waals surface area (Å²) in [7, 11) is 0. The summed E-state index contributed by atoms with van der Waals surface area (Å²) in [6.45, 7) is 1.70. The van der Waals surface area contributed by atoms with Gasteiger partial charge in [-0.2, -0.15) is 0 Å². The van der Waals surface area contributed by atoms with E-state index in [2.05, 4.69) is 32.3 Å². The van der Waals surface area contributed by atoms with Gasteiger partial charge in [0.2, 0.25) is 0 Å². The molecule has 0 saturated heterocycles. The minimum Gasteiger partial charge on any atom is -0.368 e. The lowest BCUT2D eigenvalue weighted by atomic mass is 10.3. The second-order valence-electron chi connectivity index (χ2n) is 2.73. The van der Waals surface area contributed by atoms with Crippen molar-refractivity contribution in [2.75, 3.05) is 29.7 Å². The molecule has 0 amide bonds. The van der Waals surface area contributed by atoms with Crippen LogP contribution in [0.15, 0.2) is 11.4 Å². The average Bonchev–Trinajstić information content (AvgIpc) is 2.65. The maximum absolute atomic E-state index is 5.75. The lowest BCUT2D eigenvalue weighted by Gasteiger charge is -2.22. The molecule has 1 aromatic rings. The van der Waals surface area contributed by atoms with Crippen LogP contribution in [0.2, 0.25) is 0 Å². The fourth-order valence-electron chi connectivity index (χ4n) is 1.27. The zero-order valence-electron chi connectivity index (χ0n) is 7.68. The molecule has 0 N–H and O–H groups in total. The molecule has 5 heteroatoms. The van der Waals surface area contributed by atoms with Gasteiger partial charge in [-0.3, -0.25) is 0 Å². The van der Waals surface area contributed by atoms with Crippen LogP contribution in [-0.2, 0) is 5.33 Å². The van der Waals surface area contributed by atoms with Crippen molar-refractivity contribution < 1.29 is 0 Å². The summed E-state index contributed by atoms with van der Waals surface area (Å²) in [6, 6.07) is 2.13. The van der Waals surface area contributed by atoms with Crippen LogP contribution in [0.4, 0.5) is 5.69 Å². The Morgan fingerprint density at radius 2 is 1.93 bits per heavy atom. The summed E-state index contributed by atoms with van der Waals surface area (Å²) in [5.41, 5.74) is 1.26. The monoisotopic (exact) mass is 315 g/mol. The van der Waals surface area contributed by atoms with Crippen molar-refractivity contribution in [1.29, 1.82) is 0 Å². The number of rotatable bonds is 6. The quantitative estimate of drug-likeness (QED) is 0.719. The Hall–Kier alpha value is 0.560. The molecule has 80 valence electrons. The Balaban J connectivity index is 2.75. The van der Waals surface area contributed by atoms with E-state index in [4.69, 9.17) is 23.2 Å². The van der Waals surface area contributed by atoms with Crippen LogP contribution in [0.3, 0.4) is 0 Å². The summed E-state index contributed by atoms with van der Waals surface area (Å²) in [4.78, 5) is 3.56. The van der Waals surface area contributed by atoms with Crippen LogP contribution in [0.1, 0.15) is 4.88 Å². The molecule has 0 radical (unpaired) electrons. The third-order valence-electron chi connectivity index (χ3n) is 1.89. The molecular weight excluding hydrogens is 305 g/mol. The molecule has 1 rings (SSSR count). The van der Waals surface area contributed by atoms with Crippen molar-refractivity contribution in [1.82, 2.24) is 0 Å². The molecule has 0 aromatic carbocycles. The van der Waals surface area contributed by atoms with Crippen molar-refractivity contribution in [3.05, 3.63) is 16.3 Å². The number of alkyl halides is 3. The van der Waals surface area contributed by atoms with Crippen molar-refractivity contribution in [3.63, 3.8) is 0 Å². The third kappa shape index (κ3) is 3.30. The van der Waals surface area contributed by atoms with Gasteiger partial charge in [-0.05, 0) is 11.4 Å². The normalized spacial score (nSPS) is 10.5. The molecule has 1 aromatic heterocycles. The van der Waals surface area contributed by atoms with E-state index in [1.165, 1.54) is 10.6 Å². The minimum atomic E-state index is 0.633. The standard InChI is InChI=1S/C9H12BrCl2NS/c10-7-9-8(1-6-14-9)13(4-2-11)5-3-12/h1,6H,2-5,7H2. The van der Waals surface area contributed by atoms with Gasteiger partial charge in [0, 0.05) is 35.1 Å². The molecule has 0 atom stereocenters. The van der Waals surface area contributed by atoms with Gasteiger partial charge in [0.1, 0.15) is 0 Å². The molecule has 0 unspecified atom stereocenters. The smallest absolute Gasteiger partial charge is 0.0517 e. The number of hydrogen-bond acceptors (Lipinski definition) is 2. The summed E-state index contributed by atoms with van der Waals surface area (Å²) in [5, 5.41) is 2.99. The summed E-state index contributed by atoms with van der Waals surface area (Å²) >= 11 is 16.7. The van der Waals surface area contributed by atoms with Crippen LogP contribution in [-0.4, -0.2) is 24.8 Å². The predicted molar refractivity (Wildman–Crippen MR) is 70.6 cm³/mol. The van der Waals surface area contributed by atoms with Crippen molar-refractivity contribution in [3.8, 4) is 0 Å². The van der Waals surface area contributed by atoms with Gasteiger partial charge in [-0.25, -0.2) is 0 Å². The number of thiophene rings is 1. The molecule has 1 heterocycles. The molecule has 0 spiro atoms. The number of nitrogens with zero attached hydrogens (tertiary/aromatic N) is 1. The van der Waals surface area contributed by atoms with E-state index >= 15 is 0 Å². The fraction of sp³-hybridized carbons (Fsp3) is 0.556. The Bertz CT molecular complexity index is 261. The molecule has 0 bridgehead atoms. The van der Waals surface area contributed by atoms with E-state index in [9.17, 15) is 0 Å². The third-order valence-corrected chi connectivity index (χ3v) is 4.07. The first kappa shape index (κ1) is 12.6. The van der Waals surface area contributed by atoms with Gasteiger partial charge in [0.25, 0.3) is 0 Å². The second kappa shape index (κ2) is 6.94. The second-order valence-corrected chi connectivity index (χ2v) is 5.04. The number of hydrogen-bond donors (Lipinski definition) is 0. The molecule has 1 nitrogen and oxygen atoms in total. The van der Waals surface area contributed by atoms with E-state index in [0.29, 0.717) is 11.8 Å². The van der Waals surface area contributed by atoms with E-state index in [-0.39, 0.29) is 0 Å². The number of halogens is 3.